The number of hydrogen-bond donors (Lipinski definition) is 0. The minimum absolute atomic E-state index is 0.0990. The molecule has 37 heavy (non-hydrogen) atoms. The molecule has 2 aromatic carbocycles. The fraction of sp³-hybridized carbons (Fsp3) is 0.594. The van der Waals surface area contributed by atoms with Gasteiger partial charge >= 0.3 is 0 Å². The standard InChI is InChI=1S/C32H42O4S/c1-4-9-24-20-23-10-5-6-12-27(23)28-17-18-32(3)29(30(24)28)21-25(31(32)33)11-7-8-19-36-37(34,35)26-15-13-22(2)14-16-26/h5-6,10,12-16,24-25,28-30H,4,7-9,11,17-21H2,1-3H3/t24-,25-,28-,29+,30-,32+/m1/s1. The highest BCUT2D eigenvalue weighted by molar-refractivity contribution is 7.86. The summed E-state index contributed by atoms with van der Waals surface area (Å²) in [4.78, 5) is 14.0. The van der Waals surface area contributed by atoms with Crippen molar-refractivity contribution in [2.24, 2.45) is 29.1 Å². The van der Waals surface area contributed by atoms with Crippen LogP contribution in [0.25, 0.3) is 0 Å². The molecule has 5 heteroatoms. The molecule has 0 heterocycles. The van der Waals surface area contributed by atoms with Gasteiger partial charge in [0.1, 0.15) is 5.78 Å². The molecule has 5 rings (SSSR count). The van der Waals surface area contributed by atoms with Crippen LogP contribution in [0.1, 0.15) is 87.8 Å². The molecule has 200 valence electrons. The quantitative estimate of drug-likeness (QED) is 0.257. The highest BCUT2D eigenvalue weighted by Gasteiger charge is 2.59. The van der Waals surface area contributed by atoms with E-state index in [1.54, 1.807) is 29.8 Å². The van der Waals surface area contributed by atoms with E-state index in [-0.39, 0.29) is 22.8 Å². The monoisotopic (exact) mass is 522 g/mol. The molecule has 2 fully saturated rings. The summed E-state index contributed by atoms with van der Waals surface area (Å²) in [6.07, 6.45) is 9.02. The van der Waals surface area contributed by atoms with Crippen LogP contribution in [0.5, 0.6) is 0 Å². The predicted molar refractivity (Wildman–Crippen MR) is 147 cm³/mol. The van der Waals surface area contributed by atoms with Gasteiger partial charge in [0.25, 0.3) is 10.1 Å². The lowest BCUT2D eigenvalue weighted by Crippen LogP contribution is -2.46. The second kappa shape index (κ2) is 10.6. The van der Waals surface area contributed by atoms with E-state index in [9.17, 15) is 13.2 Å². The van der Waals surface area contributed by atoms with Crippen LogP contribution in [0.3, 0.4) is 0 Å². The third-order valence-corrected chi connectivity index (χ3v) is 11.2. The molecule has 2 saturated carbocycles. The molecule has 0 bridgehead atoms. The van der Waals surface area contributed by atoms with Crippen molar-refractivity contribution in [2.45, 2.75) is 89.4 Å². The van der Waals surface area contributed by atoms with Gasteiger partial charge in [-0.1, -0.05) is 75.1 Å². The van der Waals surface area contributed by atoms with Crippen LogP contribution < -0.4 is 0 Å². The van der Waals surface area contributed by atoms with E-state index >= 15 is 0 Å². The average Bonchev–Trinajstić information content (AvgIpc) is 3.14. The first-order valence-corrected chi connectivity index (χ1v) is 15.7. The largest absolute Gasteiger partial charge is 0.299 e. The van der Waals surface area contributed by atoms with Crippen LogP contribution >= 0.6 is 0 Å². The Balaban J connectivity index is 1.22. The van der Waals surface area contributed by atoms with E-state index in [2.05, 4.69) is 38.1 Å². The Labute approximate surface area is 223 Å². The zero-order valence-electron chi connectivity index (χ0n) is 22.6. The van der Waals surface area contributed by atoms with Gasteiger partial charge in [-0.3, -0.25) is 8.98 Å². The Hall–Kier alpha value is -1.98. The molecule has 0 amide bonds. The molecule has 0 spiro atoms. The lowest BCUT2D eigenvalue weighted by atomic mass is 9.52. The van der Waals surface area contributed by atoms with Crippen molar-refractivity contribution in [1.29, 1.82) is 0 Å². The second-order valence-corrected chi connectivity index (χ2v) is 13.7. The molecule has 0 saturated heterocycles. The number of carbonyl (C=O) groups excluding carboxylic acids is 1. The lowest BCUT2D eigenvalue weighted by Gasteiger charge is -2.51. The van der Waals surface area contributed by atoms with Gasteiger partial charge in [0, 0.05) is 11.3 Å². The molecule has 3 aliphatic carbocycles. The number of ketones is 1. The van der Waals surface area contributed by atoms with Crippen molar-refractivity contribution >= 4 is 15.9 Å². The number of carbonyl (C=O) groups is 1. The second-order valence-electron chi connectivity index (χ2n) is 12.1. The molecule has 3 aliphatic rings. The summed E-state index contributed by atoms with van der Waals surface area (Å²) in [5.74, 6) is 2.89. The maximum Gasteiger partial charge on any atom is 0.296 e. The molecule has 0 unspecified atom stereocenters. The maximum atomic E-state index is 13.8. The Morgan fingerprint density at radius 2 is 1.78 bits per heavy atom. The number of hydrogen-bond acceptors (Lipinski definition) is 4. The van der Waals surface area contributed by atoms with E-state index in [0.29, 0.717) is 35.9 Å². The van der Waals surface area contributed by atoms with Gasteiger partial charge in [0.05, 0.1) is 11.5 Å². The summed E-state index contributed by atoms with van der Waals surface area (Å²) >= 11 is 0. The Morgan fingerprint density at radius 1 is 1.03 bits per heavy atom. The van der Waals surface area contributed by atoms with Gasteiger partial charge in [0.15, 0.2) is 0 Å². The first-order chi connectivity index (χ1) is 17.7. The molecule has 0 N–H and O–H groups in total. The van der Waals surface area contributed by atoms with Crippen LogP contribution in [-0.2, 0) is 25.5 Å². The van der Waals surface area contributed by atoms with E-state index in [1.807, 2.05) is 6.92 Å². The highest BCUT2D eigenvalue weighted by Crippen LogP contribution is 2.63. The Kier molecular flexibility index (Phi) is 7.66. The Bertz CT molecular complexity index is 1220. The van der Waals surface area contributed by atoms with Gasteiger partial charge in [-0.2, -0.15) is 8.42 Å². The third-order valence-electron chi connectivity index (χ3n) is 9.83. The lowest BCUT2D eigenvalue weighted by molar-refractivity contribution is -0.132. The van der Waals surface area contributed by atoms with Crippen molar-refractivity contribution in [3.8, 4) is 0 Å². The number of Topliss-reactive ketones (excluding diaryl/α,β-unsaturated/α-hetero) is 1. The molecule has 6 atom stereocenters. The average molecular weight is 523 g/mol. The summed E-state index contributed by atoms with van der Waals surface area (Å²) in [5, 5.41) is 0. The van der Waals surface area contributed by atoms with Crippen molar-refractivity contribution in [3.05, 3.63) is 65.2 Å². The van der Waals surface area contributed by atoms with Crippen LogP contribution in [0.2, 0.25) is 0 Å². The summed E-state index contributed by atoms with van der Waals surface area (Å²) in [6, 6.07) is 15.8. The molecule has 0 aromatic heterocycles. The van der Waals surface area contributed by atoms with Crippen LogP contribution in [0.15, 0.2) is 53.4 Å². The van der Waals surface area contributed by atoms with Crippen molar-refractivity contribution in [2.75, 3.05) is 6.61 Å². The van der Waals surface area contributed by atoms with Crippen molar-refractivity contribution in [3.63, 3.8) is 0 Å². The number of aryl methyl sites for hydroxylation is 1. The summed E-state index contributed by atoms with van der Waals surface area (Å²) < 4.78 is 30.2. The summed E-state index contributed by atoms with van der Waals surface area (Å²) in [6.45, 7) is 6.64. The number of unbranched alkanes of at least 4 members (excludes halogenated alkanes) is 1. The van der Waals surface area contributed by atoms with Crippen LogP contribution in [0, 0.1) is 36.0 Å². The zero-order valence-corrected chi connectivity index (χ0v) is 23.4. The first-order valence-electron chi connectivity index (χ1n) is 14.3. The Morgan fingerprint density at radius 3 is 2.54 bits per heavy atom. The van der Waals surface area contributed by atoms with Crippen LogP contribution in [0.4, 0.5) is 0 Å². The van der Waals surface area contributed by atoms with Gasteiger partial charge < -0.3 is 0 Å². The zero-order chi connectivity index (χ0) is 26.2. The topological polar surface area (TPSA) is 60.4 Å². The van der Waals surface area contributed by atoms with Gasteiger partial charge in [-0.25, -0.2) is 0 Å². The number of benzene rings is 2. The van der Waals surface area contributed by atoms with Crippen molar-refractivity contribution < 1.29 is 17.4 Å². The van der Waals surface area contributed by atoms with E-state index in [4.69, 9.17) is 4.18 Å². The van der Waals surface area contributed by atoms with Gasteiger partial charge in [-0.15, -0.1) is 0 Å². The normalized spacial score (nSPS) is 31.0. The fourth-order valence-corrected chi connectivity index (χ4v) is 8.95. The molecule has 0 aliphatic heterocycles. The van der Waals surface area contributed by atoms with E-state index in [0.717, 1.165) is 44.1 Å². The molecule has 2 aromatic rings. The molecule has 0 radical (unpaired) electrons. The van der Waals surface area contributed by atoms with Gasteiger partial charge in [-0.05, 0) is 92.4 Å². The van der Waals surface area contributed by atoms with Crippen molar-refractivity contribution in [1.82, 2.24) is 0 Å². The number of rotatable bonds is 9. The minimum atomic E-state index is -3.73. The third kappa shape index (κ3) is 5.06. The summed E-state index contributed by atoms with van der Waals surface area (Å²) in [7, 11) is -3.73. The van der Waals surface area contributed by atoms with E-state index in [1.165, 1.54) is 18.4 Å². The first kappa shape index (κ1) is 26.6. The number of fused-ring (bicyclic) bond motifs is 5. The van der Waals surface area contributed by atoms with Crippen LogP contribution in [-0.4, -0.2) is 20.8 Å². The molecular weight excluding hydrogens is 480 g/mol. The van der Waals surface area contributed by atoms with E-state index < -0.39 is 10.1 Å². The maximum absolute atomic E-state index is 13.8. The molecule has 4 nitrogen and oxygen atoms in total. The van der Waals surface area contributed by atoms with Gasteiger partial charge in [0.2, 0.25) is 0 Å². The summed E-state index contributed by atoms with van der Waals surface area (Å²) in [5.41, 5.74) is 3.89. The fourth-order valence-electron chi connectivity index (χ4n) is 8.01. The molecular formula is C32H42O4S. The minimum Gasteiger partial charge on any atom is -0.299 e. The smallest absolute Gasteiger partial charge is 0.296 e. The SMILES string of the molecule is CCC[C@@H]1Cc2ccccc2[C@H]2CC[C@]3(C)C(=O)[C@H](CCCCOS(=O)(=O)c4ccc(C)cc4)C[C@H]3[C@H]12. The highest BCUT2D eigenvalue weighted by atomic mass is 32.2. The predicted octanol–water partition coefficient (Wildman–Crippen LogP) is 7.25.